The van der Waals surface area contributed by atoms with E-state index in [1.54, 1.807) is 6.92 Å². The van der Waals surface area contributed by atoms with Gasteiger partial charge >= 0.3 is 5.97 Å². The third-order valence-corrected chi connectivity index (χ3v) is 3.32. The van der Waals surface area contributed by atoms with Crippen LogP contribution in [0, 0.1) is 12.8 Å². The van der Waals surface area contributed by atoms with Crippen molar-refractivity contribution in [2.75, 3.05) is 0 Å². The number of nitrogens with zero attached hydrogens (tertiary/aromatic N) is 1. The van der Waals surface area contributed by atoms with Crippen molar-refractivity contribution in [2.45, 2.75) is 39.0 Å². The van der Waals surface area contributed by atoms with Gasteiger partial charge in [-0.05, 0) is 12.8 Å². The highest BCUT2D eigenvalue weighted by Gasteiger charge is 2.19. The highest BCUT2D eigenvalue weighted by Crippen LogP contribution is 2.26. The summed E-state index contributed by atoms with van der Waals surface area (Å²) in [6.07, 6.45) is 5.56. The fourth-order valence-corrected chi connectivity index (χ4v) is 2.48. The Morgan fingerprint density at radius 2 is 2.12 bits per heavy atom. The summed E-state index contributed by atoms with van der Waals surface area (Å²) in [5.74, 6) is -0.0266. The minimum Gasteiger partial charge on any atom is -0.477 e. The van der Waals surface area contributed by atoms with Crippen molar-refractivity contribution < 1.29 is 9.90 Å². The average Bonchev–Trinajstić information content (AvgIpc) is 2.68. The minimum atomic E-state index is -1.22. The number of aromatic nitrogens is 2. The van der Waals surface area contributed by atoms with Gasteiger partial charge in [0.2, 0.25) is 0 Å². The first-order chi connectivity index (χ1) is 8.08. The van der Waals surface area contributed by atoms with Crippen molar-refractivity contribution in [3.05, 3.63) is 27.4 Å². The van der Waals surface area contributed by atoms with Crippen LogP contribution in [0.1, 0.15) is 47.6 Å². The van der Waals surface area contributed by atoms with Crippen LogP contribution in [0.5, 0.6) is 0 Å². The molecule has 17 heavy (non-hydrogen) atoms. The SMILES string of the molecule is Cc1nc(CC2CCCC2)[nH]c(=O)c1C(=O)O. The van der Waals surface area contributed by atoms with Gasteiger partial charge in [0.25, 0.3) is 5.56 Å². The maximum atomic E-state index is 11.6. The molecule has 1 heterocycles. The van der Waals surface area contributed by atoms with Crippen molar-refractivity contribution in [1.82, 2.24) is 9.97 Å². The zero-order chi connectivity index (χ0) is 12.4. The lowest BCUT2D eigenvalue weighted by Crippen LogP contribution is -2.23. The van der Waals surface area contributed by atoms with Crippen molar-refractivity contribution in [2.24, 2.45) is 5.92 Å². The van der Waals surface area contributed by atoms with Gasteiger partial charge in [0.1, 0.15) is 11.4 Å². The van der Waals surface area contributed by atoms with E-state index in [4.69, 9.17) is 5.11 Å². The first-order valence-corrected chi connectivity index (χ1v) is 5.91. The molecule has 1 saturated carbocycles. The van der Waals surface area contributed by atoms with Crippen LogP contribution in [-0.4, -0.2) is 21.0 Å². The number of H-pyrrole nitrogens is 1. The van der Waals surface area contributed by atoms with Crippen molar-refractivity contribution in [3.8, 4) is 0 Å². The summed E-state index contributed by atoms with van der Waals surface area (Å²) in [6, 6.07) is 0. The third kappa shape index (κ3) is 2.54. The lowest BCUT2D eigenvalue weighted by atomic mass is 10.0. The normalized spacial score (nSPS) is 16.3. The van der Waals surface area contributed by atoms with Crippen molar-refractivity contribution in [1.29, 1.82) is 0 Å². The Labute approximate surface area is 98.9 Å². The van der Waals surface area contributed by atoms with E-state index in [1.807, 2.05) is 0 Å². The van der Waals surface area contributed by atoms with Gasteiger partial charge in [-0.3, -0.25) is 4.79 Å². The first-order valence-electron chi connectivity index (χ1n) is 5.91. The smallest absolute Gasteiger partial charge is 0.343 e. The zero-order valence-corrected chi connectivity index (χ0v) is 9.82. The maximum absolute atomic E-state index is 11.6. The van der Waals surface area contributed by atoms with Gasteiger partial charge < -0.3 is 10.1 Å². The molecule has 0 unspecified atom stereocenters. The number of hydrogen-bond donors (Lipinski definition) is 2. The predicted molar refractivity (Wildman–Crippen MR) is 62.2 cm³/mol. The number of hydrogen-bond acceptors (Lipinski definition) is 3. The quantitative estimate of drug-likeness (QED) is 0.833. The summed E-state index contributed by atoms with van der Waals surface area (Å²) in [5, 5.41) is 8.86. The Morgan fingerprint density at radius 1 is 1.47 bits per heavy atom. The van der Waals surface area contributed by atoms with Crippen molar-refractivity contribution in [3.63, 3.8) is 0 Å². The molecule has 1 aliphatic rings. The van der Waals surface area contributed by atoms with Crippen LogP contribution in [0.4, 0.5) is 0 Å². The number of rotatable bonds is 3. The van der Waals surface area contributed by atoms with E-state index >= 15 is 0 Å². The Kier molecular flexibility index (Phi) is 3.26. The Morgan fingerprint density at radius 3 is 2.65 bits per heavy atom. The Hall–Kier alpha value is -1.65. The number of aromatic carboxylic acids is 1. The molecule has 0 amide bonds. The maximum Gasteiger partial charge on any atom is 0.343 e. The van der Waals surface area contributed by atoms with Crippen LogP contribution in [0.3, 0.4) is 0 Å². The molecule has 1 aromatic heterocycles. The largest absolute Gasteiger partial charge is 0.477 e. The van der Waals surface area contributed by atoms with Crippen LogP contribution in [0.15, 0.2) is 4.79 Å². The molecule has 0 bridgehead atoms. The molecule has 0 aromatic carbocycles. The van der Waals surface area contributed by atoms with Crippen molar-refractivity contribution >= 4 is 5.97 Å². The van der Waals surface area contributed by atoms with Gasteiger partial charge in [-0.15, -0.1) is 0 Å². The minimum absolute atomic E-state index is 0.250. The van der Waals surface area contributed by atoms with E-state index in [2.05, 4.69) is 9.97 Å². The molecule has 1 fully saturated rings. The van der Waals surface area contributed by atoms with E-state index < -0.39 is 11.5 Å². The summed E-state index contributed by atoms with van der Waals surface area (Å²) < 4.78 is 0. The van der Waals surface area contributed by atoms with Crippen LogP contribution in [-0.2, 0) is 6.42 Å². The molecule has 0 radical (unpaired) electrons. The molecule has 2 rings (SSSR count). The first kappa shape index (κ1) is 11.8. The van der Waals surface area contributed by atoms with E-state index in [1.165, 1.54) is 25.7 Å². The molecule has 2 N–H and O–H groups in total. The molecule has 0 saturated heterocycles. The standard InChI is InChI=1S/C12H16N2O3/c1-7-10(12(16)17)11(15)14-9(13-7)6-8-4-2-3-5-8/h8H,2-6H2,1H3,(H,16,17)(H,13,14,15). The Bertz CT molecular complexity index is 487. The van der Waals surface area contributed by atoms with E-state index in [0.29, 0.717) is 17.4 Å². The number of carboxylic acids is 1. The molecule has 92 valence electrons. The molecule has 0 spiro atoms. The molecule has 5 heteroatoms. The number of aryl methyl sites for hydroxylation is 1. The Balaban J connectivity index is 2.25. The summed E-state index contributed by atoms with van der Waals surface area (Å²) in [7, 11) is 0. The number of carboxylic acid groups (broad SMARTS) is 1. The van der Waals surface area contributed by atoms with Gasteiger partial charge in [-0.25, -0.2) is 9.78 Å². The van der Waals surface area contributed by atoms with Gasteiger partial charge in [-0.1, -0.05) is 25.7 Å². The topological polar surface area (TPSA) is 83.0 Å². The molecule has 1 aromatic rings. The van der Waals surface area contributed by atoms with Gasteiger partial charge in [0, 0.05) is 6.42 Å². The lowest BCUT2D eigenvalue weighted by Gasteiger charge is -2.09. The van der Waals surface area contributed by atoms with E-state index in [0.717, 1.165) is 6.42 Å². The van der Waals surface area contributed by atoms with Gasteiger partial charge in [0.15, 0.2) is 0 Å². The van der Waals surface area contributed by atoms with E-state index in [9.17, 15) is 9.59 Å². The summed E-state index contributed by atoms with van der Waals surface area (Å²) >= 11 is 0. The van der Waals surface area contributed by atoms with Crippen LogP contribution in [0.25, 0.3) is 0 Å². The van der Waals surface area contributed by atoms with Gasteiger partial charge in [0.05, 0.1) is 5.69 Å². The third-order valence-electron chi connectivity index (χ3n) is 3.32. The summed E-state index contributed by atoms with van der Waals surface area (Å²) in [4.78, 5) is 29.2. The van der Waals surface area contributed by atoms with Gasteiger partial charge in [-0.2, -0.15) is 0 Å². The van der Waals surface area contributed by atoms with Crippen LogP contribution >= 0.6 is 0 Å². The van der Waals surface area contributed by atoms with Crippen LogP contribution < -0.4 is 5.56 Å². The zero-order valence-electron chi connectivity index (χ0n) is 9.82. The van der Waals surface area contributed by atoms with E-state index in [-0.39, 0.29) is 5.56 Å². The summed E-state index contributed by atoms with van der Waals surface area (Å²) in [6.45, 7) is 1.57. The fraction of sp³-hybridized carbons (Fsp3) is 0.583. The second-order valence-corrected chi connectivity index (χ2v) is 4.63. The fourth-order valence-electron chi connectivity index (χ4n) is 2.48. The molecule has 0 aliphatic heterocycles. The summed E-state index contributed by atoms with van der Waals surface area (Å²) in [5.41, 5.74) is -0.493. The predicted octanol–water partition coefficient (Wildman–Crippen LogP) is 1.51. The molecule has 1 aliphatic carbocycles. The molecule has 0 atom stereocenters. The highest BCUT2D eigenvalue weighted by molar-refractivity contribution is 5.88. The molecular formula is C12H16N2O3. The molecular weight excluding hydrogens is 220 g/mol. The van der Waals surface area contributed by atoms with Crippen LogP contribution in [0.2, 0.25) is 0 Å². The second-order valence-electron chi connectivity index (χ2n) is 4.63. The lowest BCUT2D eigenvalue weighted by molar-refractivity contribution is 0.0693. The highest BCUT2D eigenvalue weighted by atomic mass is 16.4. The molecule has 5 nitrogen and oxygen atoms in total. The number of carbonyl (C=O) groups is 1. The average molecular weight is 236 g/mol. The second kappa shape index (κ2) is 4.69. The number of nitrogens with one attached hydrogen (secondary N) is 1. The monoisotopic (exact) mass is 236 g/mol. The number of aromatic amines is 1.